The van der Waals surface area contributed by atoms with Gasteiger partial charge in [-0.2, -0.15) is 0 Å². The Balaban J connectivity index is 2.11. The molecule has 0 aliphatic heterocycles. The van der Waals surface area contributed by atoms with Gasteiger partial charge in [-0.3, -0.25) is 0 Å². The molecule has 1 fully saturated rings. The molecule has 88 valence electrons. The largest absolute Gasteiger partial charge is 0.380 e. The Bertz CT molecular complexity index is 365. The summed E-state index contributed by atoms with van der Waals surface area (Å²) in [5.41, 5.74) is 0.297. The minimum Gasteiger partial charge on any atom is -0.380 e. The number of benzene rings is 1. The van der Waals surface area contributed by atoms with Crippen molar-refractivity contribution >= 4 is 5.69 Å². The third-order valence-electron chi connectivity index (χ3n) is 3.45. The Hall–Kier alpha value is -1.12. The van der Waals surface area contributed by atoms with Crippen LogP contribution in [0.5, 0.6) is 0 Å². The van der Waals surface area contributed by atoms with E-state index in [0.717, 1.165) is 18.9 Å². The van der Waals surface area contributed by atoms with Crippen LogP contribution in [0.25, 0.3) is 0 Å². The van der Waals surface area contributed by atoms with Gasteiger partial charge in [-0.05, 0) is 37.0 Å². The summed E-state index contributed by atoms with van der Waals surface area (Å²) < 4.78 is 26.4. The van der Waals surface area contributed by atoms with Crippen molar-refractivity contribution in [2.45, 2.75) is 38.6 Å². The highest BCUT2D eigenvalue weighted by molar-refractivity contribution is 5.46. The molecule has 2 atom stereocenters. The Labute approximate surface area is 94.9 Å². The van der Waals surface area contributed by atoms with Crippen LogP contribution in [0.3, 0.4) is 0 Å². The molecule has 0 amide bonds. The van der Waals surface area contributed by atoms with Gasteiger partial charge in [0.15, 0.2) is 0 Å². The molecule has 3 heteroatoms. The van der Waals surface area contributed by atoms with Gasteiger partial charge in [0.25, 0.3) is 0 Å². The molecule has 1 saturated carbocycles. The van der Waals surface area contributed by atoms with Gasteiger partial charge < -0.3 is 5.32 Å². The average molecular weight is 225 g/mol. The molecule has 1 aromatic carbocycles. The van der Waals surface area contributed by atoms with E-state index in [1.165, 1.54) is 25.0 Å². The second-order valence-electron chi connectivity index (χ2n) is 4.47. The van der Waals surface area contributed by atoms with Crippen molar-refractivity contribution in [1.82, 2.24) is 0 Å². The molecule has 0 radical (unpaired) electrons. The van der Waals surface area contributed by atoms with Crippen LogP contribution in [0.2, 0.25) is 0 Å². The van der Waals surface area contributed by atoms with Crippen LogP contribution in [-0.2, 0) is 0 Å². The van der Waals surface area contributed by atoms with E-state index in [9.17, 15) is 8.78 Å². The first-order valence-electron chi connectivity index (χ1n) is 5.92. The lowest BCUT2D eigenvalue weighted by atomic mass is 10.0. The zero-order valence-electron chi connectivity index (χ0n) is 9.47. The summed E-state index contributed by atoms with van der Waals surface area (Å²) in [6, 6.07) is 3.85. The first kappa shape index (κ1) is 11.4. The summed E-state index contributed by atoms with van der Waals surface area (Å²) in [5, 5.41) is 3.14. The Kier molecular flexibility index (Phi) is 3.42. The van der Waals surface area contributed by atoms with Crippen LogP contribution >= 0.6 is 0 Å². The molecule has 0 saturated heterocycles. The molecule has 1 aliphatic carbocycles. The maximum absolute atomic E-state index is 13.4. The maximum atomic E-state index is 13.4. The lowest BCUT2D eigenvalue weighted by molar-refractivity contribution is 0.486. The lowest BCUT2D eigenvalue weighted by Crippen LogP contribution is -2.24. The molecule has 16 heavy (non-hydrogen) atoms. The number of halogens is 2. The lowest BCUT2D eigenvalue weighted by Gasteiger charge is -2.21. The predicted molar refractivity (Wildman–Crippen MR) is 61.4 cm³/mol. The molecule has 0 spiro atoms. The molecule has 0 heterocycles. The van der Waals surface area contributed by atoms with E-state index in [2.05, 4.69) is 12.2 Å². The summed E-state index contributed by atoms with van der Waals surface area (Å²) in [4.78, 5) is 0. The number of nitrogens with one attached hydrogen (secondary N) is 1. The van der Waals surface area contributed by atoms with Crippen LogP contribution in [0, 0.1) is 17.6 Å². The third kappa shape index (κ3) is 2.34. The molecule has 2 unspecified atom stereocenters. The van der Waals surface area contributed by atoms with E-state index >= 15 is 0 Å². The summed E-state index contributed by atoms with van der Waals surface area (Å²) in [6.07, 6.45) is 4.50. The van der Waals surface area contributed by atoms with Crippen LogP contribution < -0.4 is 5.32 Å². The normalized spacial score (nSPS) is 24.7. The van der Waals surface area contributed by atoms with Gasteiger partial charge in [0.1, 0.15) is 11.6 Å². The number of hydrogen-bond acceptors (Lipinski definition) is 1. The van der Waals surface area contributed by atoms with E-state index in [4.69, 9.17) is 0 Å². The second-order valence-corrected chi connectivity index (χ2v) is 4.47. The number of hydrogen-bond donors (Lipinski definition) is 1. The highest BCUT2D eigenvalue weighted by Crippen LogP contribution is 2.31. The fourth-order valence-electron chi connectivity index (χ4n) is 2.52. The Morgan fingerprint density at radius 1 is 1.31 bits per heavy atom. The van der Waals surface area contributed by atoms with Crippen molar-refractivity contribution in [2.75, 3.05) is 5.32 Å². The van der Waals surface area contributed by atoms with Crippen LogP contribution in [0.1, 0.15) is 32.6 Å². The number of anilines is 1. The quantitative estimate of drug-likeness (QED) is 0.821. The van der Waals surface area contributed by atoms with E-state index in [0.29, 0.717) is 17.6 Å². The molecule has 1 N–H and O–H groups in total. The molecule has 2 rings (SSSR count). The molecular weight excluding hydrogens is 208 g/mol. The van der Waals surface area contributed by atoms with Crippen LogP contribution in [-0.4, -0.2) is 6.04 Å². The van der Waals surface area contributed by atoms with Gasteiger partial charge in [0, 0.05) is 6.04 Å². The summed E-state index contributed by atoms with van der Waals surface area (Å²) >= 11 is 0. The second kappa shape index (κ2) is 4.81. The van der Waals surface area contributed by atoms with Gasteiger partial charge >= 0.3 is 0 Å². The van der Waals surface area contributed by atoms with Crippen molar-refractivity contribution < 1.29 is 8.78 Å². The zero-order valence-corrected chi connectivity index (χ0v) is 9.47. The van der Waals surface area contributed by atoms with Crippen molar-refractivity contribution in [2.24, 2.45) is 5.92 Å². The highest BCUT2D eigenvalue weighted by atomic mass is 19.1. The van der Waals surface area contributed by atoms with Crippen molar-refractivity contribution in [3.05, 3.63) is 29.8 Å². The molecular formula is C13H17F2N. The fraction of sp³-hybridized carbons (Fsp3) is 0.538. The van der Waals surface area contributed by atoms with E-state index in [1.807, 2.05) is 0 Å². The Morgan fingerprint density at radius 2 is 2.12 bits per heavy atom. The summed E-state index contributed by atoms with van der Waals surface area (Å²) in [7, 11) is 0. The third-order valence-corrected chi connectivity index (χ3v) is 3.45. The first-order chi connectivity index (χ1) is 7.70. The molecule has 0 aromatic heterocycles. The highest BCUT2D eigenvalue weighted by Gasteiger charge is 2.26. The minimum atomic E-state index is -0.394. The zero-order chi connectivity index (χ0) is 11.5. The standard InChI is InChI=1S/C13H17F2N/c1-2-9-4-3-5-12(9)16-13-8-10(14)6-7-11(13)15/h6-9,12,16H,2-5H2,1H3. The monoisotopic (exact) mass is 225 g/mol. The van der Waals surface area contributed by atoms with Crippen molar-refractivity contribution in [1.29, 1.82) is 0 Å². The molecule has 1 aliphatic rings. The van der Waals surface area contributed by atoms with E-state index in [1.54, 1.807) is 0 Å². The minimum absolute atomic E-state index is 0.293. The summed E-state index contributed by atoms with van der Waals surface area (Å²) in [5.74, 6) is -0.180. The fourth-order valence-corrected chi connectivity index (χ4v) is 2.52. The van der Waals surface area contributed by atoms with Crippen LogP contribution in [0.15, 0.2) is 18.2 Å². The van der Waals surface area contributed by atoms with Gasteiger partial charge in [-0.15, -0.1) is 0 Å². The average Bonchev–Trinajstić information content (AvgIpc) is 2.71. The summed E-state index contributed by atoms with van der Waals surface area (Å²) in [6.45, 7) is 2.15. The van der Waals surface area contributed by atoms with Crippen molar-refractivity contribution in [3.8, 4) is 0 Å². The van der Waals surface area contributed by atoms with Crippen molar-refractivity contribution in [3.63, 3.8) is 0 Å². The molecule has 1 aromatic rings. The Morgan fingerprint density at radius 3 is 2.88 bits per heavy atom. The van der Waals surface area contributed by atoms with Crippen LogP contribution in [0.4, 0.5) is 14.5 Å². The van der Waals surface area contributed by atoms with E-state index < -0.39 is 5.82 Å². The topological polar surface area (TPSA) is 12.0 Å². The predicted octanol–water partition coefficient (Wildman–Crippen LogP) is 3.96. The smallest absolute Gasteiger partial charge is 0.146 e. The van der Waals surface area contributed by atoms with Gasteiger partial charge in [-0.25, -0.2) is 8.78 Å². The van der Waals surface area contributed by atoms with Gasteiger partial charge in [0.05, 0.1) is 5.69 Å². The maximum Gasteiger partial charge on any atom is 0.146 e. The van der Waals surface area contributed by atoms with E-state index in [-0.39, 0.29) is 5.82 Å². The first-order valence-corrected chi connectivity index (χ1v) is 5.92. The number of rotatable bonds is 3. The molecule has 0 bridgehead atoms. The SMILES string of the molecule is CCC1CCCC1Nc1cc(F)ccc1F. The van der Waals surface area contributed by atoms with Gasteiger partial charge in [-0.1, -0.05) is 19.8 Å². The molecule has 1 nitrogen and oxygen atoms in total. The van der Waals surface area contributed by atoms with Gasteiger partial charge in [0.2, 0.25) is 0 Å².